The van der Waals surface area contributed by atoms with Gasteiger partial charge in [0.15, 0.2) is 0 Å². The molecule has 2 aliphatic rings. The molecule has 0 radical (unpaired) electrons. The van der Waals surface area contributed by atoms with E-state index in [1.54, 1.807) is 66.7 Å². The summed E-state index contributed by atoms with van der Waals surface area (Å²) in [5.41, 5.74) is 2.19. The van der Waals surface area contributed by atoms with Crippen LogP contribution in [0.25, 0.3) is 0 Å². The van der Waals surface area contributed by atoms with Gasteiger partial charge >= 0.3 is 0 Å². The van der Waals surface area contributed by atoms with E-state index in [-0.39, 0.29) is 36.3 Å². The van der Waals surface area contributed by atoms with E-state index in [1.807, 2.05) is 0 Å². The molecule has 3 aromatic rings. The van der Waals surface area contributed by atoms with Crippen molar-refractivity contribution in [3.63, 3.8) is 0 Å². The Balaban J connectivity index is 1.25. The largest absolute Gasteiger partial charge is 0.457 e. The number of imide groups is 1. The molecule has 2 N–H and O–H groups in total. The van der Waals surface area contributed by atoms with E-state index in [9.17, 15) is 19.2 Å². The number of amides is 4. The smallest absolute Gasteiger partial charge is 0.261 e. The molecule has 0 aromatic heterocycles. The van der Waals surface area contributed by atoms with Crippen molar-refractivity contribution < 1.29 is 28.7 Å². The van der Waals surface area contributed by atoms with Crippen LogP contribution < -0.4 is 15.4 Å². The van der Waals surface area contributed by atoms with Crippen LogP contribution in [0.15, 0.2) is 66.7 Å². The topological polar surface area (TPSA) is 114 Å². The zero-order valence-electron chi connectivity index (χ0n) is 20.2. The number of fused-ring (bicyclic) bond motifs is 1. The Kier molecular flexibility index (Phi) is 6.70. The summed E-state index contributed by atoms with van der Waals surface area (Å²) in [6, 6.07) is 18.2. The van der Waals surface area contributed by atoms with Crippen LogP contribution in [0.4, 0.5) is 11.4 Å². The van der Waals surface area contributed by atoms with Gasteiger partial charge in [0.05, 0.1) is 23.8 Å². The van der Waals surface area contributed by atoms with Gasteiger partial charge in [0.2, 0.25) is 5.91 Å². The average Bonchev–Trinajstić information content (AvgIpc) is 3.47. The molecule has 1 unspecified atom stereocenters. The third-order valence-electron chi connectivity index (χ3n) is 6.15. The molecule has 5 rings (SSSR count). The van der Waals surface area contributed by atoms with Crippen LogP contribution in [0, 0.1) is 0 Å². The normalized spacial score (nSPS) is 16.5. The lowest BCUT2D eigenvalue weighted by Gasteiger charge is -2.17. The first-order valence-corrected chi connectivity index (χ1v) is 12.0. The monoisotopic (exact) mass is 499 g/mol. The van der Waals surface area contributed by atoms with E-state index >= 15 is 0 Å². The number of carbonyl (C=O) groups is 4. The lowest BCUT2D eigenvalue weighted by Crippen LogP contribution is -2.36. The van der Waals surface area contributed by atoms with Gasteiger partial charge in [-0.25, -0.2) is 0 Å². The van der Waals surface area contributed by atoms with Gasteiger partial charge in [0, 0.05) is 36.5 Å². The third-order valence-corrected chi connectivity index (χ3v) is 6.15. The molecule has 0 spiro atoms. The van der Waals surface area contributed by atoms with Crippen molar-refractivity contribution in [2.75, 3.05) is 23.8 Å². The van der Waals surface area contributed by atoms with Crippen LogP contribution in [0.3, 0.4) is 0 Å². The first-order chi connectivity index (χ1) is 17.9. The van der Waals surface area contributed by atoms with Crippen LogP contribution >= 0.6 is 0 Å². The number of benzene rings is 3. The van der Waals surface area contributed by atoms with Crippen molar-refractivity contribution >= 4 is 35.0 Å². The zero-order valence-corrected chi connectivity index (χ0v) is 20.2. The minimum Gasteiger partial charge on any atom is -0.457 e. The van der Waals surface area contributed by atoms with Gasteiger partial charge in [0.1, 0.15) is 11.5 Å². The molecule has 2 heterocycles. The van der Waals surface area contributed by atoms with Crippen LogP contribution in [0.2, 0.25) is 0 Å². The van der Waals surface area contributed by atoms with E-state index in [4.69, 9.17) is 9.47 Å². The van der Waals surface area contributed by atoms with Crippen molar-refractivity contribution in [2.24, 2.45) is 0 Å². The molecule has 0 bridgehead atoms. The Hall–Kier alpha value is -4.50. The molecule has 1 atom stereocenters. The molecule has 37 heavy (non-hydrogen) atoms. The number of nitrogens with one attached hydrogen (secondary N) is 2. The highest BCUT2D eigenvalue weighted by atomic mass is 16.5. The Labute approximate surface area is 213 Å². The van der Waals surface area contributed by atoms with Crippen molar-refractivity contribution in [3.05, 3.63) is 83.4 Å². The van der Waals surface area contributed by atoms with Gasteiger partial charge in [-0.2, -0.15) is 0 Å². The van der Waals surface area contributed by atoms with Gasteiger partial charge in [-0.3, -0.25) is 24.1 Å². The number of carbonyl (C=O) groups excluding carboxylic acids is 4. The van der Waals surface area contributed by atoms with Crippen molar-refractivity contribution in [1.29, 1.82) is 0 Å². The highest BCUT2D eigenvalue weighted by Crippen LogP contribution is 2.31. The summed E-state index contributed by atoms with van der Waals surface area (Å²) in [6.07, 6.45) is 1.64. The molecule has 1 fully saturated rings. The maximum Gasteiger partial charge on any atom is 0.261 e. The fourth-order valence-electron chi connectivity index (χ4n) is 4.38. The molecular weight excluding hydrogens is 474 g/mol. The number of nitrogens with zero attached hydrogens (tertiary/aromatic N) is 1. The average molecular weight is 500 g/mol. The van der Waals surface area contributed by atoms with E-state index in [1.165, 1.54) is 11.8 Å². The molecule has 1 saturated heterocycles. The summed E-state index contributed by atoms with van der Waals surface area (Å²) < 4.78 is 11.5. The summed E-state index contributed by atoms with van der Waals surface area (Å²) in [5.74, 6) is -0.338. The lowest BCUT2D eigenvalue weighted by molar-refractivity contribution is -0.114. The van der Waals surface area contributed by atoms with Gasteiger partial charge < -0.3 is 20.1 Å². The van der Waals surface area contributed by atoms with Gasteiger partial charge in [-0.15, -0.1) is 0 Å². The summed E-state index contributed by atoms with van der Waals surface area (Å²) in [4.78, 5) is 50.7. The fraction of sp³-hybridized carbons (Fsp3) is 0.214. The zero-order chi connectivity index (χ0) is 25.9. The number of hydrogen-bond acceptors (Lipinski definition) is 6. The second kappa shape index (κ2) is 10.2. The first-order valence-electron chi connectivity index (χ1n) is 12.0. The van der Waals surface area contributed by atoms with Crippen molar-refractivity contribution in [3.8, 4) is 11.5 Å². The highest BCUT2D eigenvalue weighted by molar-refractivity contribution is 6.21. The van der Waals surface area contributed by atoms with Crippen molar-refractivity contribution in [2.45, 2.75) is 25.9 Å². The molecule has 0 saturated carbocycles. The number of hydrogen-bond donors (Lipinski definition) is 2. The molecule has 0 aliphatic carbocycles. The van der Waals surface area contributed by atoms with Gasteiger partial charge in [0.25, 0.3) is 17.7 Å². The Morgan fingerprint density at radius 1 is 0.919 bits per heavy atom. The predicted molar refractivity (Wildman–Crippen MR) is 136 cm³/mol. The van der Waals surface area contributed by atoms with E-state index in [2.05, 4.69) is 10.6 Å². The minimum atomic E-state index is -0.355. The van der Waals surface area contributed by atoms with Gasteiger partial charge in [-0.1, -0.05) is 6.07 Å². The molecule has 188 valence electrons. The van der Waals surface area contributed by atoms with Crippen LogP contribution in [0.1, 0.15) is 50.8 Å². The number of anilines is 2. The molecule has 2 aliphatic heterocycles. The molecule has 3 aromatic carbocycles. The molecule has 9 nitrogen and oxygen atoms in total. The second-order valence-electron chi connectivity index (χ2n) is 8.91. The third kappa shape index (κ3) is 5.36. The summed E-state index contributed by atoms with van der Waals surface area (Å²) in [6.45, 7) is 2.31. The maximum absolute atomic E-state index is 12.9. The van der Waals surface area contributed by atoms with Crippen molar-refractivity contribution in [1.82, 2.24) is 4.90 Å². The number of ether oxygens (including phenoxy) is 2. The van der Waals surface area contributed by atoms with Crippen LogP contribution in [-0.2, 0) is 9.53 Å². The molecular formula is C28H25N3O6. The summed E-state index contributed by atoms with van der Waals surface area (Å²) >= 11 is 0. The predicted octanol–water partition coefficient (Wildman–Crippen LogP) is 4.46. The van der Waals surface area contributed by atoms with Crippen LogP contribution in [-0.4, -0.2) is 47.8 Å². The quantitative estimate of drug-likeness (QED) is 0.464. The molecule has 4 amide bonds. The Morgan fingerprint density at radius 2 is 1.68 bits per heavy atom. The lowest BCUT2D eigenvalue weighted by atomic mass is 10.1. The number of rotatable bonds is 7. The highest BCUT2D eigenvalue weighted by Gasteiger charge is 2.37. The Morgan fingerprint density at radius 3 is 2.41 bits per heavy atom. The first kappa shape index (κ1) is 24.2. The van der Waals surface area contributed by atoms with E-state index in [0.717, 1.165) is 12.8 Å². The van der Waals surface area contributed by atoms with Crippen LogP contribution in [0.5, 0.6) is 11.5 Å². The standard InChI is InChI=1S/C28H25N3O6/c1-17(32)29-19-9-7-18(8-10-19)26(33)30-20-4-2-5-21(14-20)37-22-11-12-24-25(15-22)28(35)31(27(24)34)16-23-6-3-13-36-23/h2,4-5,7-12,14-15,23H,3,6,13,16H2,1H3,(H,29,32)(H,30,33). The van der Waals surface area contributed by atoms with E-state index < -0.39 is 0 Å². The summed E-state index contributed by atoms with van der Waals surface area (Å²) in [7, 11) is 0. The Bertz CT molecular complexity index is 1380. The van der Waals surface area contributed by atoms with E-state index in [0.29, 0.717) is 46.2 Å². The SMILES string of the molecule is CC(=O)Nc1ccc(C(=O)Nc2cccc(Oc3ccc4c(c3)C(=O)N(CC3CCCO3)C4=O)c2)cc1. The fourth-order valence-corrected chi connectivity index (χ4v) is 4.38. The molecule has 9 heteroatoms. The van der Waals surface area contributed by atoms with Gasteiger partial charge in [-0.05, 0) is 67.4 Å². The second-order valence-corrected chi connectivity index (χ2v) is 8.91. The summed E-state index contributed by atoms with van der Waals surface area (Å²) in [5, 5.41) is 5.47. The maximum atomic E-state index is 12.9. The minimum absolute atomic E-state index is 0.119.